The van der Waals surface area contributed by atoms with E-state index in [-0.39, 0.29) is 5.56 Å². The molecule has 5 aromatic rings. The summed E-state index contributed by atoms with van der Waals surface area (Å²) >= 11 is 0. The number of alkyl halides is 3. The van der Waals surface area contributed by atoms with Gasteiger partial charge in [0.1, 0.15) is 6.04 Å². The van der Waals surface area contributed by atoms with Gasteiger partial charge >= 0.3 is 12.1 Å². The van der Waals surface area contributed by atoms with E-state index in [1.807, 2.05) is 47.4 Å². The molecule has 0 bridgehead atoms. The van der Waals surface area contributed by atoms with Crippen LogP contribution >= 0.6 is 0 Å². The standard InChI is InChI=1S/C34H26F3N3O3/c35-34(36,37)24-12-8-20(9-13-24)26-5-3-6-27(30(26)33(42)43)22-11-15-28-23(18-22)16-17-40(31(28)32(38)41)19-25-14-10-21-4-1-2-7-29(21)39-25/h1-15,18,31H,16-17,19H2,(H2,38,41)(H,42,43). The van der Waals surface area contributed by atoms with Gasteiger partial charge < -0.3 is 10.8 Å². The number of primary amides is 1. The lowest BCUT2D eigenvalue weighted by molar-refractivity contribution is -0.137. The summed E-state index contributed by atoms with van der Waals surface area (Å²) in [6.45, 7) is 0.966. The number of carbonyl (C=O) groups is 2. The number of para-hydroxylation sites is 1. The summed E-state index contributed by atoms with van der Waals surface area (Å²) in [7, 11) is 0. The number of aromatic nitrogens is 1. The van der Waals surface area contributed by atoms with Crippen molar-refractivity contribution >= 4 is 22.8 Å². The molecule has 6 rings (SSSR count). The Kier molecular flexibility index (Phi) is 7.19. The van der Waals surface area contributed by atoms with Gasteiger partial charge in [0.05, 0.1) is 22.3 Å². The second-order valence-corrected chi connectivity index (χ2v) is 10.5. The minimum atomic E-state index is -4.50. The molecule has 0 spiro atoms. The number of fused-ring (bicyclic) bond motifs is 2. The molecule has 0 saturated heterocycles. The first-order chi connectivity index (χ1) is 20.6. The summed E-state index contributed by atoms with van der Waals surface area (Å²) in [5.74, 6) is -1.70. The van der Waals surface area contributed by atoms with Crippen LogP contribution in [0, 0.1) is 0 Å². The fourth-order valence-corrected chi connectivity index (χ4v) is 5.86. The molecule has 3 N–H and O–H groups in total. The van der Waals surface area contributed by atoms with Crippen molar-refractivity contribution in [1.82, 2.24) is 9.88 Å². The highest BCUT2D eigenvalue weighted by Gasteiger charge is 2.33. The lowest BCUT2D eigenvalue weighted by Crippen LogP contribution is -2.42. The quantitative estimate of drug-likeness (QED) is 0.228. The number of hydrogen-bond donors (Lipinski definition) is 2. The highest BCUT2D eigenvalue weighted by Crippen LogP contribution is 2.38. The van der Waals surface area contributed by atoms with Crippen LogP contribution in [0.5, 0.6) is 0 Å². The zero-order valence-electron chi connectivity index (χ0n) is 22.8. The normalized spacial score (nSPS) is 15.3. The minimum Gasteiger partial charge on any atom is -0.478 e. The maximum absolute atomic E-state index is 13.1. The molecule has 1 atom stereocenters. The van der Waals surface area contributed by atoms with Gasteiger partial charge in [0.25, 0.3) is 0 Å². The van der Waals surface area contributed by atoms with Crippen molar-refractivity contribution in [3.05, 3.63) is 125 Å². The fraction of sp³-hybridized carbons (Fsp3) is 0.147. The molecule has 1 aliphatic heterocycles. The van der Waals surface area contributed by atoms with Crippen LogP contribution in [0.25, 0.3) is 33.2 Å². The molecule has 1 unspecified atom stereocenters. The zero-order chi connectivity index (χ0) is 30.3. The first kappa shape index (κ1) is 28.1. The first-order valence-electron chi connectivity index (χ1n) is 13.7. The van der Waals surface area contributed by atoms with E-state index in [0.29, 0.717) is 41.8 Å². The Balaban J connectivity index is 1.34. The van der Waals surface area contributed by atoms with Crippen LogP contribution in [0.3, 0.4) is 0 Å². The van der Waals surface area contributed by atoms with E-state index < -0.39 is 29.7 Å². The number of rotatable bonds is 6. The van der Waals surface area contributed by atoms with E-state index in [1.54, 1.807) is 30.3 Å². The number of halogens is 3. The van der Waals surface area contributed by atoms with Crippen LogP contribution in [-0.4, -0.2) is 33.4 Å². The van der Waals surface area contributed by atoms with E-state index in [4.69, 9.17) is 10.7 Å². The van der Waals surface area contributed by atoms with Gasteiger partial charge in [0.15, 0.2) is 0 Å². The van der Waals surface area contributed by atoms with Gasteiger partial charge in [0.2, 0.25) is 5.91 Å². The largest absolute Gasteiger partial charge is 0.478 e. The average Bonchev–Trinajstić information content (AvgIpc) is 2.99. The zero-order valence-corrected chi connectivity index (χ0v) is 22.8. The van der Waals surface area contributed by atoms with Crippen molar-refractivity contribution in [2.24, 2.45) is 5.73 Å². The molecule has 0 radical (unpaired) electrons. The third-order valence-corrected chi connectivity index (χ3v) is 7.87. The molecule has 43 heavy (non-hydrogen) atoms. The Morgan fingerprint density at radius 2 is 1.58 bits per heavy atom. The Morgan fingerprint density at radius 3 is 2.28 bits per heavy atom. The fourth-order valence-electron chi connectivity index (χ4n) is 5.86. The number of nitrogens with two attached hydrogens (primary N) is 1. The summed E-state index contributed by atoms with van der Waals surface area (Å²) in [6.07, 6.45) is -3.90. The van der Waals surface area contributed by atoms with Crippen molar-refractivity contribution in [1.29, 1.82) is 0 Å². The number of aromatic carboxylic acids is 1. The average molecular weight is 582 g/mol. The monoisotopic (exact) mass is 581 g/mol. The molecule has 0 aliphatic carbocycles. The van der Waals surface area contributed by atoms with Gasteiger partial charge in [-0.05, 0) is 64.1 Å². The first-order valence-corrected chi connectivity index (χ1v) is 13.7. The topological polar surface area (TPSA) is 96.5 Å². The number of nitrogens with zero attached hydrogens (tertiary/aromatic N) is 2. The summed E-state index contributed by atoms with van der Waals surface area (Å²) in [6, 6.07) is 25.8. The highest BCUT2D eigenvalue weighted by atomic mass is 19.4. The highest BCUT2D eigenvalue weighted by molar-refractivity contribution is 6.03. The molecular formula is C34H26F3N3O3. The van der Waals surface area contributed by atoms with Gasteiger partial charge in [0, 0.05) is 18.5 Å². The maximum Gasteiger partial charge on any atom is 0.416 e. The summed E-state index contributed by atoms with van der Waals surface area (Å²) in [5.41, 5.74) is 10.1. The van der Waals surface area contributed by atoms with E-state index in [0.717, 1.165) is 39.9 Å². The van der Waals surface area contributed by atoms with E-state index in [1.165, 1.54) is 12.1 Å². The molecule has 1 aliphatic rings. The number of benzene rings is 4. The van der Waals surface area contributed by atoms with Crippen molar-refractivity contribution in [3.63, 3.8) is 0 Å². The van der Waals surface area contributed by atoms with Gasteiger partial charge in [-0.3, -0.25) is 14.7 Å². The predicted octanol–water partition coefficient (Wildman–Crippen LogP) is 6.87. The van der Waals surface area contributed by atoms with Crippen LogP contribution in [0.1, 0.15) is 38.8 Å². The Hall–Kier alpha value is -5.02. The second-order valence-electron chi connectivity index (χ2n) is 10.5. The van der Waals surface area contributed by atoms with Gasteiger partial charge in [-0.1, -0.05) is 72.8 Å². The van der Waals surface area contributed by atoms with E-state index in [2.05, 4.69) is 0 Å². The Labute approximate surface area is 245 Å². The lowest BCUT2D eigenvalue weighted by atomic mass is 9.86. The minimum absolute atomic E-state index is 0.0199. The van der Waals surface area contributed by atoms with Crippen LogP contribution in [0.15, 0.2) is 97.1 Å². The molecule has 2 heterocycles. The number of hydrogen-bond acceptors (Lipinski definition) is 4. The number of pyridine rings is 1. The van der Waals surface area contributed by atoms with Crippen molar-refractivity contribution < 1.29 is 27.9 Å². The molecule has 216 valence electrons. The van der Waals surface area contributed by atoms with Crippen LogP contribution < -0.4 is 5.73 Å². The third-order valence-electron chi connectivity index (χ3n) is 7.87. The Morgan fingerprint density at radius 1 is 0.884 bits per heavy atom. The Bertz CT molecular complexity index is 1870. The number of carboxylic acids is 1. The number of carboxylic acid groups (broad SMARTS) is 1. The molecule has 6 nitrogen and oxygen atoms in total. The molecule has 1 amide bonds. The lowest BCUT2D eigenvalue weighted by Gasteiger charge is -2.35. The molecule has 0 fully saturated rings. The number of carbonyl (C=O) groups excluding carboxylic acids is 1. The van der Waals surface area contributed by atoms with Gasteiger partial charge in [-0.25, -0.2) is 4.79 Å². The second kappa shape index (κ2) is 11.0. The van der Waals surface area contributed by atoms with Gasteiger partial charge in [-0.2, -0.15) is 13.2 Å². The summed E-state index contributed by atoms with van der Waals surface area (Å²) < 4.78 is 39.3. The molecule has 1 aromatic heterocycles. The van der Waals surface area contributed by atoms with Crippen molar-refractivity contribution in [2.75, 3.05) is 6.54 Å². The van der Waals surface area contributed by atoms with E-state index in [9.17, 15) is 27.9 Å². The van der Waals surface area contributed by atoms with Crippen molar-refractivity contribution in [2.45, 2.75) is 25.2 Å². The third kappa shape index (κ3) is 5.47. The SMILES string of the molecule is NC(=O)C1c2ccc(-c3cccc(-c4ccc(C(F)(F)F)cc4)c3C(=O)O)cc2CCN1Cc1ccc2ccccc2n1. The van der Waals surface area contributed by atoms with Crippen LogP contribution in [0.2, 0.25) is 0 Å². The maximum atomic E-state index is 13.1. The van der Waals surface area contributed by atoms with E-state index >= 15 is 0 Å². The van der Waals surface area contributed by atoms with Crippen LogP contribution in [0.4, 0.5) is 13.2 Å². The summed E-state index contributed by atoms with van der Waals surface area (Å²) in [5, 5.41) is 11.2. The van der Waals surface area contributed by atoms with Gasteiger partial charge in [-0.15, -0.1) is 0 Å². The van der Waals surface area contributed by atoms with Crippen molar-refractivity contribution in [3.8, 4) is 22.3 Å². The molecular weight excluding hydrogens is 555 g/mol. The molecule has 4 aromatic carbocycles. The predicted molar refractivity (Wildman–Crippen MR) is 157 cm³/mol. The molecule has 0 saturated carbocycles. The summed E-state index contributed by atoms with van der Waals surface area (Å²) in [4.78, 5) is 32.0. The molecule has 9 heteroatoms. The number of amides is 1. The van der Waals surface area contributed by atoms with Crippen LogP contribution in [-0.2, 0) is 23.9 Å². The smallest absolute Gasteiger partial charge is 0.416 e.